The van der Waals surface area contributed by atoms with Crippen LogP contribution >= 0.6 is 0 Å². The fraction of sp³-hybridized carbons (Fsp3) is 0.471. The smallest absolute Gasteiger partial charge is 0.126 e. The highest BCUT2D eigenvalue weighted by atomic mass is 15.1. The van der Waals surface area contributed by atoms with Gasteiger partial charge in [-0.3, -0.25) is 0 Å². The molecule has 3 heteroatoms. The van der Waals surface area contributed by atoms with Gasteiger partial charge in [0.1, 0.15) is 5.82 Å². The highest BCUT2D eigenvalue weighted by Gasteiger charge is 2.25. The van der Waals surface area contributed by atoms with Gasteiger partial charge in [0.15, 0.2) is 0 Å². The zero-order valence-electron chi connectivity index (χ0n) is 12.7. The molecule has 2 atom stereocenters. The van der Waals surface area contributed by atoms with Crippen LogP contribution in [0, 0.1) is 0 Å². The van der Waals surface area contributed by atoms with Gasteiger partial charge >= 0.3 is 0 Å². The zero-order valence-corrected chi connectivity index (χ0v) is 12.7. The maximum atomic E-state index is 4.60. The SMILES string of the molecule is CCNC(c1nccn1CC)C(CC)c1ccccc1. The fourth-order valence-electron chi connectivity index (χ4n) is 2.86. The van der Waals surface area contributed by atoms with Crippen LogP contribution in [0.2, 0.25) is 0 Å². The summed E-state index contributed by atoms with van der Waals surface area (Å²) in [5.41, 5.74) is 1.38. The number of nitrogens with zero attached hydrogens (tertiary/aromatic N) is 2. The Labute approximate surface area is 122 Å². The first-order valence-electron chi connectivity index (χ1n) is 7.61. The minimum Gasteiger partial charge on any atom is -0.334 e. The molecule has 0 spiro atoms. The largest absolute Gasteiger partial charge is 0.334 e. The molecular formula is C17H25N3. The van der Waals surface area contributed by atoms with E-state index in [1.54, 1.807) is 0 Å². The minimum atomic E-state index is 0.266. The number of nitrogens with one attached hydrogen (secondary N) is 1. The molecule has 108 valence electrons. The number of aromatic nitrogens is 2. The van der Waals surface area contributed by atoms with Crippen LogP contribution in [0.1, 0.15) is 50.5 Å². The lowest BCUT2D eigenvalue weighted by Crippen LogP contribution is -2.29. The number of aryl methyl sites for hydroxylation is 1. The molecule has 0 bridgehead atoms. The van der Waals surface area contributed by atoms with E-state index in [1.165, 1.54) is 5.56 Å². The van der Waals surface area contributed by atoms with Crippen LogP contribution in [0.25, 0.3) is 0 Å². The van der Waals surface area contributed by atoms with E-state index >= 15 is 0 Å². The average Bonchev–Trinajstić information content (AvgIpc) is 2.96. The second-order valence-corrected chi connectivity index (χ2v) is 5.03. The molecule has 0 amide bonds. The highest BCUT2D eigenvalue weighted by Crippen LogP contribution is 2.32. The van der Waals surface area contributed by atoms with Gasteiger partial charge in [-0.15, -0.1) is 0 Å². The Morgan fingerprint density at radius 3 is 2.50 bits per heavy atom. The topological polar surface area (TPSA) is 29.9 Å². The van der Waals surface area contributed by atoms with Crippen molar-refractivity contribution in [2.24, 2.45) is 0 Å². The summed E-state index contributed by atoms with van der Waals surface area (Å²) in [7, 11) is 0. The Kier molecular flexibility index (Phi) is 5.36. The van der Waals surface area contributed by atoms with Crippen LogP contribution in [0.15, 0.2) is 42.7 Å². The van der Waals surface area contributed by atoms with Crippen LogP contribution in [0.3, 0.4) is 0 Å². The highest BCUT2D eigenvalue weighted by molar-refractivity contribution is 5.23. The molecule has 0 aliphatic carbocycles. The van der Waals surface area contributed by atoms with E-state index in [-0.39, 0.29) is 6.04 Å². The van der Waals surface area contributed by atoms with Crippen molar-refractivity contribution >= 4 is 0 Å². The molecule has 0 aliphatic rings. The van der Waals surface area contributed by atoms with Gasteiger partial charge in [0.2, 0.25) is 0 Å². The maximum Gasteiger partial charge on any atom is 0.126 e. The first-order chi connectivity index (χ1) is 9.81. The predicted octanol–water partition coefficient (Wildman–Crippen LogP) is 3.75. The third-order valence-electron chi connectivity index (χ3n) is 3.86. The minimum absolute atomic E-state index is 0.266. The molecule has 2 aromatic rings. The van der Waals surface area contributed by atoms with Crippen molar-refractivity contribution in [3.05, 3.63) is 54.1 Å². The number of hydrogen-bond acceptors (Lipinski definition) is 2. The molecular weight excluding hydrogens is 246 g/mol. The fourth-order valence-corrected chi connectivity index (χ4v) is 2.86. The summed E-state index contributed by atoms with van der Waals surface area (Å²) in [5.74, 6) is 1.59. The first-order valence-corrected chi connectivity index (χ1v) is 7.61. The summed E-state index contributed by atoms with van der Waals surface area (Å²) >= 11 is 0. The lowest BCUT2D eigenvalue weighted by Gasteiger charge is -2.27. The summed E-state index contributed by atoms with van der Waals surface area (Å²) in [6.45, 7) is 8.48. The predicted molar refractivity (Wildman–Crippen MR) is 83.8 cm³/mol. The van der Waals surface area contributed by atoms with E-state index in [2.05, 4.69) is 72.2 Å². The second-order valence-electron chi connectivity index (χ2n) is 5.03. The van der Waals surface area contributed by atoms with Gasteiger partial charge < -0.3 is 9.88 Å². The molecule has 0 radical (unpaired) electrons. The van der Waals surface area contributed by atoms with Crippen LogP contribution in [-0.2, 0) is 6.54 Å². The third-order valence-corrected chi connectivity index (χ3v) is 3.86. The van der Waals surface area contributed by atoms with Crippen LogP contribution in [0.4, 0.5) is 0 Å². The van der Waals surface area contributed by atoms with Gasteiger partial charge in [-0.25, -0.2) is 4.98 Å². The number of imidazole rings is 1. The molecule has 1 heterocycles. The monoisotopic (exact) mass is 271 g/mol. The molecule has 1 aromatic heterocycles. The summed E-state index contributed by atoms with van der Waals surface area (Å²) in [4.78, 5) is 4.60. The number of benzene rings is 1. The molecule has 2 rings (SSSR count). The molecule has 0 saturated heterocycles. The van der Waals surface area contributed by atoms with Gasteiger partial charge in [-0.05, 0) is 25.5 Å². The van der Waals surface area contributed by atoms with Crippen LogP contribution < -0.4 is 5.32 Å². The normalized spacial score (nSPS) is 14.2. The molecule has 0 aliphatic heterocycles. The Balaban J connectivity index is 2.36. The molecule has 2 unspecified atom stereocenters. The Morgan fingerprint density at radius 1 is 1.15 bits per heavy atom. The summed E-state index contributed by atoms with van der Waals surface area (Å²) in [6.07, 6.45) is 5.07. The van der Waals surface area contributed by atoms with E-state index in [0.29, 0.717) is 5.92 Å². The van der Waals surface area contributed by atoms with Crippen molar-refractivity contribution in [3.63, 3.8) is 0 Å². The van der Waals surface area contributed by atoms with E-state index in [9.17, 15) is 0 Å². The number of hydrogen-bond donors (Lipinski definition) is 1. The Morgan fingerprint density at radius 2 is 1.90 bits per heavy atom. The van der Waals surface area contributed by atoms with Gasteiger partial charge in [-0.1, -0.05) is 44.2 Å². The van der Waals surface area contributed by atoms with Crippen molar-refractivity contribution in [3.8, 4) is 0 Å². The zero-order chi connectivity index (χ0) is 14.4. The van der Waals surface area contributed by atoms with Crippen LogP contribution in [0.5, 0.6) is 0 Å². The van der Waals surface area contributed by atoms with E-state index < -0.39 is 0 Å². The van der Waals surface area contributed by atoms with Gasteiger partial charge in [0.05, 0.1) is 6.04 Å². The molecule has 0 fully saturated rings. The second kappa shape index (κ2) is 7.25. The standard InChI is InChI=1S/C17H25N3/c1-4-15(14-10-8-7-9-11-14)16(18-5-2)17-19-12-13-20(17)6-3/h7-13,15-16,18H,4-6H2,1-3H3. The molecule has 20 heavy (non-hydrogen) atoms. The summed E-state index contributed by atoms with van der Waals surface area (Å²) < 4.78 is 2.24. The first kappa shape index (κ1) is 14.8. The Bertz CT molecular complexity index is 504. The van der Waals surface area contributed by atoms with E-state index in [4.69, 9.17) is 0 Å². The van der Waals surface area contributed by atoms with Gasteiger partial charge in [-0.2, -0.15) is 0 Å². The van der Waals surface area contributed by atoms with E-state index in [1.807, 2.05) is 6.20 Å². The van der Waals surface area contributed by atoms with Crippen molar-refractivity contribution in [1.82, 2.24) is 14.9 Å². The van der Waals surface area contributed by atoms with Gasteiger partial charge in [0.25, 0.3) is 0 Å². The molecule has 3 nitrogen and oxygen atoms in total. The van der Waals surface area contributed by atoms with Crippen molar-refractivity contribution in [1.29, 1.82) is 0 Å². The lowest BCUT2D eigenvalue weighted by molar-refractivity contribution is 0.412. The van der Waals surface area contributed by atoms with Crippen molar-refractivity contribution in [2.45, 2.75) is 45.7 Å². The quantitative estimate of drug-likeness (QED) is 0.831. The van der Waals surface area contributed by atoms with Crippen molar-refractivity contribution < 1.29 is 0 Å². The van der Waals surface area contributed by atoms with Crippen molar-refractivity contribution in [2.75, 3.05) is 6.54 Å². The number of rotatable bonds is 7. The summed E-state index contributed by atoms with van der Waals surface area (Å²) in [5, 5.41) is 3.63. The van der Waals surface area contributed by atoms with Gasteiger partial charge in [0, 0.05) is 24.9 Å². The number of likely N-dealkylation sites (N-methyl/N-ethyl adjacent to an activating group) is 1. The van der Waals surface area contributed by atoms with E-state index in [0.717, 1.165) is 25.3 Å². The molecule has 1 aromatic carbocycles. The average molecular weight is 271 g/mol. The maximum absolute atomic E-state index is 4.60. The molecule has 0 saturated carbocycles. The Hall–Kier alpha value is -1.61. The third kappa shape index (κ3) is 3.10. The van der Waals surface area contributed by atoms with Crippen LogP contribution in [-0.4, -0.2) is 16.1 Å². The summed E-state index contributed by atoms with van der Waals surface area (Å²) in [6, 6.07) is 11.0. The molecule has 1 N–H and O–H groups in total. The lowest BCUT2D eigenvalue weighted by atomic mass is 9.88.